The molecule has 1 aromatic heterocycles. The van der Waals surface area contributed by atoms with E-state index in [-0.39, 0.29) is 17.3 Å². The van der Waals surface area contributed by atoms with Crippen molar-refractivity contribution in [3.8, 4) is 11.6 Å². The molecule has 0 unspecified atom stereocenters. The van der Waals surface area contributed by atoms with E-state index in [4.69, 9.17) is 10.5 Å². The second-order valence-corrected chi connectivity index (χ2v) is 3.27. The van der Waals surface area contributed by atoms with E-state index in [9.17, 15) is 4.39 Å². The predicted molar refractivity (Wildman–Crippen MR) is 57.7 cm³/mol. The Morgan fingerprint density at radius 3 is 2.94 bits per heavy atom. The van der Waals surface area contributed by atoms with Crippen LogP contribution in [-0.4, -0.2) is 9.97 Å². The van der Waals surface area contributed by atoms with Crippen molar-refractivity contribution in [3.05, 3.63) is 42.1 Å². The van der Waals surface area contributed by atoms with Gasteiger partial charge in [-0.05, 0) is 18.6 Å². The van der Waals surface area contributed by atoms with Gasteiger partial charge in [0.2, 0.25) is 5.88 Å². The van der Waals surface area contributed by atoms with Crippen LogP contribution in [0, 0.1) is 12.7 Å². The van der Waals surface area contributed by atoms with Crippen molar-refractivity contribution >= 4 is 5.69 Å². The predicted octanol–water partition coefficient (Wildman–Crippen LogP) is 2.30. The van der Waals surface area contributed by atoms with Gasteiger partial charge in [-0.1, -0.05) is 12.1 Å². The molecular weight excluding hydrogens is 209 g/mol. The molecule has 2 aromatic rings. The SMILES string of the molecule is Cc1cccc(Oc2ncncc2N)c1F. The van der Waals surface area contributed by atoms with Crippen molar-refractivity contribution in [1.82, 2.24) is 9.97 Å². The van der Waals surface area contributed by atoms with Crippen LogP contribution in [0.4, 0.5) is 10.1 Å². The lowest BCUT2D eigenvalue weighted by molar-refractivity contribution is 0.426. The number of hydrogen-bond acceptors (Lipinski definition) is 4. The molecule has 5 heteroatoms. The van der Waals surface area contributed by atoms with Crippen LogP contribution in [0.5, 0.6) is 11.6 Å². The standard InChI is InChI=1S/C11H10FN3O/c1-7-3-2-4-9(10(7)12)16-11-8(13)5-14-6-15-11/h2-6H,13H2,1H3. The van der Waals surface area contributed by atoms with Gasteiger partial charge in [0, 0.05) is 0 Å². The van der Waals surface area contributed by atoms with Crippen LogP contribution in [0.2, 0.25) is 0 Å². The minimum absolute atomic E-state index is 0.102. The zero-order valence-corrected chi connectivity index (χ0v) is 8.64. The number of hydrogen-bond donors (Lipinski definition) is 1. The van der Waals surface area contributed by atoms with Crippen molar-refractivity contribution in [1.29, 1.82) is 0 Å². The molecule has 0 saturated carbocycles. The maximum Gasteiger partial charge on any atom is 0.245 e. The third-order valence-electron chi connectivity index (χ3n) is 2.07. The second kappa shape index (κ2) is 4.14. The highest BCUT2D eigenvalue weighted by Crippen LogP contribution is 2.27. The molecule has 0 aliphatic heterocycles. The van der Waals surface area contributed by atoms with Gasteiger partial charge in [0.15, 0.2) is 11.6 Å². The van der Waals surface area contributed by atoms with Gasteiger partial charge >= 0.3 is 0 Å². The fourth-order valence-electron chi connectivity index (χ4n) is 1.22. The molecule has 0 aliphatic carbocycles. The molecule has 4 nitrogen and oxygen atoms in total. The lowest BCUT2D eigenvalue weighted by atomic mass is 10.2. The Balaban J connectivity index is 2.35. The van der Waals surface area contributed by atoms with Crippen molar-refractivity contribution in [3.63, 3.8) is 0 Å². The quantitative estimate of drug-likeness (QED) is 0.841. The third-order valence-corrected chi connectivity index (χ3v) is 2.07. The summed E-state index contributed by atoms with van der Waals surface area (Å²) >= 11 is 0. The highest BCUT2D eigenvalue weighted by atomic mass is 19.1. The normalized spacial score (nSPS) is 10.1. The van der Waals surface area contributed by atoms with Gasteiger partial charge < -0.3 is 10.5 Å². The lowest BCUT2D eigenvalue weighted by Crippen LogP contribution is -1.97. The largest absolute Gasteiger partial charge is 0.434 e. The molecule has 0 spiro atoms. The molecule has 0 radical (unpaired) electrons. The average molecular weight is 219 g/mol. The van der Waals surface area contributed by atoms with Gasteiger partial charge in [0.25, 0.3) is 0 Å². The first kappa shape index (κ1) is 10.4. The zero-order chi connectivity index (χ0) is 11.5. The van der Waals surface area contributed by atoms with Crippen LogP contribution in [0.15, 0.2) is 30.7 Å². The third kappa shape index (κ3) is 1.93. The molecule has 0 saturated heterocycles. The van der Waals surface area contributed by atoms with E-state index in [0.29, 0.717) is 5.56 Å². The van der Waals surface area contributed by atoms with Gasteiger partial charge in [0.05, 0.1) is 6.20 Å². The minimum Gasteiger partial charge on any atom is -0.434 e. The van der Waals surface area contributed by atoms with Crippen LogP contribution < -0.4 is 10.5 Å². The molecule has 0 fully saturated rings. The molecule has 0 aliphatic rings. The van der Waals surface area contributed by atoms with Crippen molar-refractivity contribution in [2.45, 2.75) is 6.92 Å². The van der Waals surface area contributed by atoms with E-state index >= 15 is 0 Å². The topological polar surface area (TPSA) is 61.0 Å². The Hall–Kier alpha value is -2.17. The number of aryl methyl sites for hydroxylation is 1. The van der Waals surface area contributed by atoms with E-state index in [0.717, 1.165) is 0 Å². The van der Waals surface area contributed by atoms with Gasteiger partial charge in [-0.15, -0.1) is 0 Å². The molecule has 0 amide bonds. The number of anilines is 1. The van der Waals surface area contributed by atoms with E-state index in [1.54, 1.807) is 19.1 Å². The van der Waals surface area contributed by atoms with Crippen LogP contribution in [-0.2, 0) is 0 Å². The van der Waals surface area contributed by atoms with Crippen LogP contribution in [0.25, 0.3) is 0 Å². The number of aromatic nitrogens is 2. The van der Waals surface area contributed by atoms with Crippen LogP contribution >= 0.6 is 0 Å². The number of nitrogens with zero attached hydrogens (tertiary/aromatic N) is 2. The maximum atomic E-state index is 13.6. The van der Waals surface area contributed by atoms with Crippen molar-refractivity contribution in [2.75, 3.05) is 5.73 Å². The molecular formula is C11H10FN3O. The first-order valence-electron chi connectivity index (χ1n) is 4.67. The van der Waals surface area contributed by atoms with Crippen LogP contribution in [0.3, 0.4) is 0 Å². The van der Waals surface area contributed by atoms with Gasteiger partial charge in [-0.3, -0.25) is 0 Å². The van der Waals surface area contributed by atoms with E-state index in [1.165, 1.54) is 18.6 Å². The Labute approximate surface area is 91.9 Å². The second-order valence-electron chi connectivity index (χ2n) is 3.27. The summed E-state index contributed by atoms with van der Waals surface area (Å²) in [5.74, 6) is -0.162. The zero-order valence-electron chi connectivity index (χ0n) is 8.64. The molecule has 0 bridgehead atoms. The molecule has 0 atom stereocenters. The highest BCUT2D eigenvalue weighted by molar-refractivity contribution is 5.47. The smallest absolute Gasteiger partial charge is 0.245 e. The van der Waals surface area contributed by atoms with Gasteiger partial charge in [0.1, 0.15) is 12.0 Å². The summed E-state index contributed by atoms with van der Waals surface area (Å²) in [5.41, 5.74) is 6.36. The molecule has 2 N–H and O–H groups in total. The summed E-state index contributed by atoms with van der Waals surface area (Å²) in [6, 6.07) is 4.88. The molecule has 82 valence electrons. The average Bonchev–Trinajstić information content (AvgIpc) is 2.28. The first-order valence-corrected chi connectivity index (χ1v) is 4.67. The summed E-state index contributed by atoms with van der Waals surface area (Å²) in [6.45, 7) is 1.66. The van der Waals surface area contributed by atoms with E-state index in [2.05, 4.69) is 9.97 Å². The van der Waals surface area contributed by atoms with E-state index in [1.807, 2.05) is 0 Å². The number of nitrogens with two attached hydrogens (primary N) is 1. The summed E-state index contributed by atoms with van der Waals surface area (Å²) < 4.78 is 18.9. The number of benzene rings is 1. The molecule has 2 rings (SSSR count). The maximum absolute atomic E-state index is 13.6. The van der Waals surface area contributed by atoms with Gasteiger partial charge in [-0.25, -0.2) is 9.37 Å². The van der Waals surface area contributed by atoms with Gasteiger partial charge in [-0.2, -0.15) is 4.98 Å². The lowest BCUT2D eigenvalue weighted by Gasteiger charge is -2.08. The fourth-order valence-corrected chi connectivity index (χ4v) is 1.22. The number of rotatable bonds is 2. The number of ether oxygens (including phenoxy) is 1. The molecule has 1 heterocycles. The minimum atomic E-state index is -0.416. The Morgan fingerprint density at radius 1 is 1.38 bits per heavy atom. The van der Waals surface area contributed by atoms with E-state index < -0.39 is 5.82 Å². The number of nitrogen functional groups attached to an aromatic ring is 1. The summed E-state index contributed by atoms with van der Waals surface area (Å²) in [4.78, 5) is 7.54. The first-order chi connectivity index (χ1) is 7.68. The summed E-state index contributed by atoms with van der Waals surface area (Å²) in [5, 5.41) is 0. The summed E-state index contributed by atoms with van der Waals surface area (Å²) in [6.07, 6.45) is 2.69. The fraction of sp³-hybridized carbons (Fsp3) is 0.0909. The highest BCUT2D eigenvalue weighted by Gasteiger charge is 2.09. The number of halogens is 1. The monoisotopic (exact) mass is 219 g/mol. The molecule has 1 aromatic carbocycles. The Kier molecular flexibility index (Phi) is 2.68. The van der Waals surface area contributed by atoms with Crippen molar-refractivity contribution in [2.24, 2.45) is 0 Å². The van der Waals surface area contributed by atoms with Crippen molar-refractivity contribution < 1.29 is 9.13 Å². The molecule has 16 heavy (non-hydrogen) atoms. The Bertz CT molecular complexity index is 516. The summed E-state index contributed by atoms with van der Waals surface area (Å²) in [7, 11) is 0. The Morgan fingerprint density at radius 2 is 2.19 bits per heavy atom. The van der Waals surface area contributed by atoms with Crippen LogP contribution in [0.1, 0.15) is 5.56 Å².